The fourth-order valence-corrected chi connectivity index (χ4v) is 2.12. The number of hydrogen-bond donors (Lipinski definition) is 2. The van der Waals surface area contributed by atoms with Crippen LogP contribution in [0.3, 0.4) is 0 Å². The van der Waals surface area contributed by atoms with Crippen molar-refractivity contribution < 1.29 is 0 Å². The molecule has 0 aromatic rings. The molecule has 0 spiro atoms. The fraction of sp³-hybridized carbons (Fsp3) is 0.750. The van der Waals surface area contributed by atoms with E-state index in [1.165, 1.54) is 12.8 Å². The molecule has 3 N–H and O–H groups in total. The maximum absolute atomic E-state index is 7.54. The molecule has 3 heteroatoms. The van der Waals surface area contributed by atoms with Gasteiger partial charge in [0.05, 0.1) is 0 Å². The molecule has 2 atom stereocenters. The third-order valence-electron chi connectivity index (χ3n) is 2.75. The van der Waals surface area contributed by atoms with Gasteiger partial charge in [-0.05, 0) is 12.8 Å². The summed E-state index contributed by atoms with van der Waals surface area (Å²) in [6.07, 6.45) is 4.76. The first-order valence-electron chi connectivity index (χ1n) is 4.21. The average Bonchev–Trinajstić information content (AvgIpc) is 2.30. The zero-order valence-corrected chi connectivity index (χ0v) is 6.51. The molecule has 0 radical (unpaired) electrons. The van der Waals surface area contributed by atoms with Gasteiger partial charge in [-0.2, -0.15) is 0 Å². The molecule has 2 aliphatic rings. The molecule has 1 aliphatic carbocycles. The summed E-state index contributed by atoms with van der Waals surface area (Å²) in [7, 11) is 0. The molecule has 2 rings (SSSR count). The van der Waals surface area contributed by atoms with Crippen molar-refractivity contribution in [2.45, 2.75) is 25.7 Å². The number of hydrogen-bond acceptors (Lipinski definition) is 2. The quantitative estimate of drug-likeness (QED) is 0.535. The Balaban J connectivity index is 2.21. The fourth-order valence-electron chi connectivity index (χ4n) is 2.12. The zero-order valence-electron chi connectivity index (χ0n) is 6.51. The highest BCUT2D eigenvalue weighted by molar-refractivity contribution is 6.04. The van der Waals surface area contributed by atoms with Crippen LogP contribution >= 0.6 is 0 Å². The molecule has 11 heavy (non-hydrogen) atoms. The number of fused-ring (bicyclic) bond motifs is 1. The summed E-state index contributed by atoms with van der Waals surface area (Å²) in [4.78, 5) is 4.01. The van der Waals surface area contributed by atoms with Crippen LogP contribution in [-0.4, -0.2) is 11.7 Å². The molecule has 1 aliphatic heterocycles. The standard InChI is InChI=1S/C8H13N3/c9-7-5-3-1-2-4-6(5)8(10)11-7/h5-6H,1-4H2,(H3,9,10,11). The van der Waals surface area contributed by atoms with Gasteiger partial charge in [-0.3, -0.25) is 5.41 Å². The number of rotatable bonds is 0. The Kier molecular flexibility index (Phi) is 1.44. The Morgan fingerprint density at radius 2 is 1.91 bits per heavy atom. The molecule has 60 valence electrons. The van der Waals surface area contributed by atoms with Crippen LogP contribution in [0.1, 0.15) is 25.7 Å². The van der Waals surface area contributed by atoms with Crippen LogP contribution in [0.5, 0.6) is 0 Å². The molecular formula is C8H13N3. The lowest BCUT2D eigenvalue weighted by Crippen LogP contribution is -2.28. The third-order valence-corrected chi connectivity index (χ3v) is 2.75. The largest absolute Gasteiger partial charge is 0.387 e. The Labute approximate surface area is 66.2 Å². The van der Waals surface area contributed by atoms with E-state index in [1.807, 2.05) is 0 Å². The van der Waals surface area contributed by atoms with Crippen molar-refractivity contribution in [3.05, 3.63) is 0 Å². The lowest BCUT2D eigenvalue weighted by Gasteiger charge is -2.23. The Hall–Kier alpha value is -0.860. The van der Waals surface area contributed by atoms with E-state index in [0.29, 0.717) is 23.5 Å². The van der Waals surface area contributed by atoms with Crippen LogP contribution in [-0.2, 0) is 0 Å². The third kappa shape index (κ3) is 0.951. The topological polar surface area (TPSA) is 62.2 Å². The van der Waals surface area contributed by atoms with Gasteiger partial charge < -0.3 is 5.73 Å². The smallest absolute Gasteiger partial charge is 0.126 e. The van der Waals surface area contributed by atoms with Crippen LogP contribution in [0.4, 0.5) is 0 Å². The number of nitrogens with zero attached hydrogens (tertiary/aromatic N) is 1. The SMILES string of the molecule is N=C1N=C(N)C2CCCCC12. The van der Waals surface area contributed by atoms with Crippen LogP contribution in [0.2, 0.25) is 0 Å². The van der Waals surface area contributed by atoms with Crippen molar-refractivity contribution in [2.75, 3.05) is 0 Å². The highest BCUT2D eigenvalue weighted by atomic mass is 15.0. The van der Waals surface area contributed by atoms with E-state index < -0.39 is 0 Å². The first-order chi connectivity index (χ1) is 5.29. The Morgan fingerprint density at radius 1 is 1.27 bits per heavy atom. The van der Waals surface area contributed by atoms with Gasteiger partial charge in [0.15, 0.2) is 0 Å². The van der Waals surface area contributed by atoms with Gasteiger partial charge in [0, 0.05) is 11.8 Å². The van der Waals surface area contributed by atoms with Crippen LogP contribution in [0, 0.1) is 17.2 Å². The highest BCUT2D eigenvalue weighted by Gasteiger charge is 2.35. The van der Waals surface area contributed by atoms with Crippen molar-refractivity contribution in [2.24, 2.45) is 22.6 Å². The predicted octanol–water partition coefficient (Wildman–Crippen LogP) is 1.14. The molecule has 1 heterocycles. The average molecular weight is 151 g/mol. The van der Waals surface area contributed by atoms with Crippen molar-refractivity contribution in [3.8, 4) is 0 Å². The summed E-state index contributed by atoms with van der Waals surface area (Å²) >= 11 is 0. The van der Waals surface area contributed by atoms with Crippen LogP contribution < -0.4 is 5.73 Å². The normalized spacial score (nSPS) is 36.7. The maximum atomic E-state index is 7.54. The Bertz CT molecular complexity index is 219. The van der Waals surface area contributed by atoms with E-state index in [0.717, 1.165) is 12.8 Å². The van der Waals surface area contributed by atoms with Gasteiger partial charge in [0.1, 0.15) is 11.7 Å². The number of amidine groups is 2. The highest BCUT2D eigenvalue weighted by Crippen LogP contribution is 2.34. The second-order valence-electron chi connectivity index (χ2n) is 3.42. The number of aliphatic imine (C=N–C) groups is 1. The van der Waals surface area contributed by atoms with Crippen molar-refractivity contribution >= 4 is 11.7 Å². The first-order valence-corrected chi connectivity index (χ1v) is 4.21. The summed E-state index contributed by atoms with van der Waals surface area (Å²) in [6.45, 7) is 0. The summed E-state index contributed by atoms with van der Waals surface area (Å²) in [5, 5.41) is 7.54. The first kappa shape index (κ1) is 6.83. The summed E-state index contributed by atoms with van der Waals surface area (Å²) in [6, 6.07) is 0. The van der Waals surface area contributed by atoms with Gasteiger partial charge in [0.25, 0.3) is 0 Å². The molecule has 0 amide bonds. The van der Waals surface area contributed by atoms with E-state index in [4.69, 9.17) is 11.1 Å². The second-order valence-corrected chi connectivity index (χ2v) is 3.42. The minimum atomic E-state index is 0.365. The molecule has 3 nitrogen and oxygen atoms in total. The molecule has 0 aromatic carbocycles. The molecular weight excluding hydrogens is 138 g/mol. The molecule has 1 fully saturated rings. The van der Waals surface area contributed by atoms with Crippen molar-refractivity contribution in [1.29, 1.82) is 5.41 Å². The van der Waals surface area contributed by atoms with Crippen LogP contribution in [0.15, 0.2) is 4.99 Å². The molecule has 0 aromatic heterocycles. The van der Waals surface area contributed by atoms with Gasteiger partial charge in [0.2, 0.25) is 0 Å². The van der Waals surface area contributed by atoms with Crippen molar-refractivity contribution in [1.82, 2.24) is 0 Å². The van der Waals surface area contributed by atoms with E-state index in [9.17, 15) is 0 Å². The van der Waals surface area contributed by atoms with Gasteiger partial charge in [-0.25, -0.2) is 4.99 Å². The zero-order chi connectivity index (χ0) is 7.84. The lowest BCUT2D eigenvalue weighted by molar-refractivity contribution is 0.382. The number of nitrogens with two attached hydrogens (primary N) is 1. The van der Waals surface area contributed by atoms with Gasteiger partial charge in [-0.15, -0.1) is 0 Å². The van der Waals surface area contributed by atoms with E-state index in [1.54, 1.807) is 0 Å². The minimum Gasteiger partial charge on any atom is -0.387 e. The summed E-state index contributed by atoms with van der Waals surface area (Å²) in [5.74, 6) is 2.01. The van der Waals surface area contributed by atoms with Gasteiger partial charge in [-0.1, -0.05) is 12.8 Å². The monoisotopic (exact) mass is 151 g/mol. The molecule has 2 unspecified atom stereocenters. The summed E-state index contributed by atoms with van der Waals surface area (Å²) in [5.41, 5.74) is 5.69. The molecule has 0 saturated heterocycles. The van der Waals surface area contributed by atoms with Crippen LogP contribution in [0.25, 0.3) is 0 Å². The Morgan fingerprint density at radius 3 is 2.55 bits per heavy atom. The van der Waals surface area contributed by atoms with E-state index in [2.05, 4.69) is 4.99 Å². The molecule has 0 bridgehead atoms. The van der Waals surface area contributed by atoms with Crippen molar-refractivity contribution in [3.63, 3.8) is 0 Å². The van der Waals surface area contributed by atoms with E-state index in [-0.39, 0.29) is 0 Å². The van der Waals surface area contributed by atoms with Gasteiger partial charge >= 0.3 is 0 Å². The minimum absolute atomic E-state index is 0.365. The summed E-state index contributed by atoms with van der Waals surface area (Å²) < 4.78 is 0. The lowest BCUT2D eigenvalue weighted by atomic mass is 9.80. The van der Waals surface area contributed by atoms with E-state index >= 15 is 0 Å². The maximum Gasteiger partial charge on any atom is 0.126 e. The molecule has 1 saturated carbocycles. The predicted molar refractivity (Wildman–Crippen MR) is 44.8 cm³/mol. The second kappa shape index (κ2) is 2.32. The number of nitrogens with one attached hydrogen (secondary N) is 1.